The second-order valence-electron chi connectivity index (χ2n) is 8.03. The van der Waals surface area contributed by atoms with Gasteiger partial charge in [-0.25, -0.2) is 9.78 Å². The number of esters is 1. The Bertz CT molecular complexity index is 1190. The van der Waals surface area contributed by atoms with Crippen LogP contribution in [0.25, 0.3) is 11.3 Å². The number of hydrogen-bond acceptors (Lipinski definition) is 8. The van der Waals surface area contributed by atoms with Crippen LogP contribution in [0.15, 0.2) is 55.0 Å². The maximum atomic E-state index is 12.8. The number of aromatic nitrogens is 4. The number of pyridine rings is 1. The molecule has 2 N–H and O–H groups in total. The van der Waals surface area contributed by atoms with Crippen molar-refractivity contribution in [3.63, 3.8) is 0 Å². The number of hydrogen-bond donors (Lipinski definition) is 2. The van der Waals surface area contributed by atoms with Crippen LogP contribution in [-0.2, 0) is 15.1 Å². The molecule has 1 aliphatic carbocycles. The van der Waals surface area contributed by atoms with Gasteiger partial charge >= 0.3 is 5.97 Å². The van der Waals surface area contributed by atoms with Gasteiger partial charge in [-0.2, -0.15) is 4.73 Å². The van der Waals surface area contributed by atoms with Crippen LogP contribution < -0.4 is 10.0 Å². The number of ether oxygens (including phenoxy) is 1. The molecule has 1 spiro atoms. The van der Waals surface area contributed by atoms with Crippen molar-refractivity contribution < 1.29 is 24.2 Å². The molecule has 10 nitrogen and oxygen atoms in total. The van der Waals surface area contributed by atoms with Gasteiger partial charge in [0, 0.05) is 11.6 Å². The van der Waals surface area contributed by atoms with Gasteiger partial charge in [0.05, 0.1) is 17.3 Å². The Kier molecular flexibility index (Phi) is 4.59. The molecule has 2 aliphatic rings. The van der Waals surface area contributed by atoms with E-state index in [1.807, 2.05) is 30.3 Å². The maximum Gasteiger partial charge on any atom is 0.339 e. The monoisotopic (exact) mass is 433 g/mol. The highest BCUT2D eigenvalue weighted by Crippen LogP contribution is 2.48. The molecule has 1 aliphatic heterocycles. The summed E-state index contributed by atoms with van der Waals surface area (Å²) >= 11 is 0. The third-order valence-electron chi connectivity index (χ3n) is 6.10. The van der Waals surface area contributed by atoms with Crippen molar-refractivity contribution in [3.05, 3.63) is 71.3 Å². The molecule has 2 aromatic heterocycles. The molecule has 3 heterocycles. The minimum atomic E-state index is -1.69. The second kappa shape index (κ2) is 7.34. The van der Waals surface area contributed by atoms with Gasteiger partial charge in [0.25, 0.3) is 5.91 Å². The third kappa shape index (κ3) is 3.34. The number of benzene rings is 1. The zero-order valence-electron chi connectivity index (χ0n) is 16.9. The first-order chi connectivity index (χ1) is 15.4. The summed E-state index contributed by atoms with van der Waals surface area (Å²) in [4.78, 5) is 29.1. The summed E-state index contributed by atoms with van der Waals surface area (Å²) in [6, 6.07) is 10.8. The average molecular weight is 433 g/mol. The SMILES string of the molecule is O=C1O[C@]2(CC[C@](O)(C(=O)Nc3ncc(-c4ccccc4)nn3)CC2)c2c[n+]([O-])ccc21. The van der Waals surface area contributed by atoms with Crippen LogP contribution in [0.3, 0.4) is 0 Å². The Labute approximate surface area is 182 Å². The minimum Gasteiger partial charge on any atom is -0.619 e. The molecule has 1 aromatic carbocycles. The summed E-state index contributed by atoms with van der Waals surface area (Å²) in [5.74, 6) is -1.18. The number of amides is 1. The average Bonchev–Trinajstić information content (AvgIpc) is 3.08. The Morgan fingerprint density at radius 3 is 2.56 bits per heavy atom. The lowest BCUT2D eigenvalue weighted by Crippen LogP contribution is -2.49. The van der Waals surface area contributed by atoms with E-state index in [1.54, 1.807) is 0 Å². The van der Waals surface area contributed by atoms with Crippen molar-refractivity contribution in [2.24, 2.45) is 0 Å². The van der Waals surface area contributed by atoms with E-state index in [4.69, 9.17) is 4.74 Å². The minimum absolute atomic E-state index is 0.0200. The first-order valence-corrected chi connectivity index (χ1v) is 10.1. The number of anilines is 1. The van der Waals surface area contributed by atoms with Crippen LogP contribution in [0.1, 0.15) is 41.6 Å². The summed E-state index contributed by atoms with van der Waals surface area (Å²) in [6.45, 7) is 0. The van der Waals surface area contributed by atoms with Gasteiger partial charge in [0.2, 0.25) is 5.95 Å². The highest BCUT2D eigenvalue weighted by atomic mass is 16.6. The number of aliphatic hydroxyl groups is 1. The zero-order chi connectivity index (χ0) is 22.3. The van der Waals surface area contributed by atoms with Crippen LogP contribution in [0.5, 0.6) is 0 Å². The quantitative estimate of drug-likeness (QED) is 0.359. The topological polar surface area (TPSA) is 141 Å². The fourth-order valence-electron chi connectivity index (χ4n) is 4.26. The normalized spacial score (nSPS) is 24.1. The molecule has 5 rings (SSSR count). The van der Waals surface area contributed by atoms with E-state index in [0.717, 1.165) is 5.56 Å². The molecular formula is C22H19N5O5. The Morgan fingerprint density at radius 1 is 1.12 bits per heavy atom. The van der Waals surface area contributed by atoms with E-state index in [0.29, 0.717) is 21.6 Å². The maximum absolute atomic E-state index is 12.8. The number of fused-ring (bicyclic) bond motifs is 2. The molecular weight excluding hydrogens is 414 g/mol. The molecule has 0 unspecified atom stereocenters. The number of nitrogens with zero attached hydrogens (tertiary/aromatic N) is 4. The zero-order valence-corrected chi connectivity index (χ0v) is 16.9. The van der Waals surface area contributed by atoms with Gasteiger partial charge in [0.1, 0.15) is 16.9 Å². The summed E-state index contributed by atoms with van der Waals surface area (Å²) in [6.07, 6.45) is 4.52. The predicted molar refractivity (Wildman–Crippen MR) is 110 cm³/mol. The van der Waals surface area contributed by atoms with E-state index in [2.05, 4.69) is 20.5 Å². The highest BCUT2D eigenvalue weighted by molar-refractivity contribution is 5.96. The van der Waals surface area contributed by atoms with Crippen molar-refractivity contribution in [1.82, 2.24) is 15.2 Å². The van der Waals surface area contributed by atoms with Gasteiger partial charge in [0.15, 0.2) is 12.4 Å². The molecule has 0 saturated heterocycles. The lowest BCUT2D eigenvalue weighted by molar-refractivity contribution is -0.606. The lowest BCUT2D eigenvalue weighted by Gasteiger charge is -2.39. The first-order valence-electron chi connectivity index (χ1n) is 10.1. The van der Waals surface area contributed by atoms with E-state index >= 15 is 0 Å². The number of carbonyl (C=O) groups excluding carboxylic acids is 2. The van der Waals surface area contributed by atoms with Gasteiger partial charge in [-0.15, -0.1) is 10.2 Å². The lowest BCUT2D eigenvalue weighted by atomic mass is 9.73. The van der Waals surface area contributed by atoms with Gasteiger partial charge in [-0.1, -0.05) is 30.3 Å². The fourth-order valence-corrected chi connectivity index (χ4v) is 4.26. The summed E-state index contributed by atoms with van der Waals surface area (Å²) in [7, 11) is 0. The van der Waals surface area contributed by atoms with Crippen LogP contribution in [0.4, 0.5) is 5.95 Å². The standard InChI is InChI=1S/C22H19N5O5/c28-18-15-6-11-27(31)13-16(15)22(32-18)9-7-21(30,8-10-22)19(29)24-20-23-12-17(25-26-20)14-4-2-1-3-5-14/h1-6,11-13,30H,7-10H2,(H,23,24,26,29)/t21-,22+. The van der Waals surface area contributed by atoms with Gasteiger partial charge in [-0.05, 0) is 25.7 Å². The number of nitrogens with one attached hydrogen (secondary N) is 1. The van der Waals surface area contributed by atoms with E-state index in [-0.39, 0.29) is 31.6 Å². The number of carbonyl (C=O) groups is 2. The van der Waals surface area contributed by atoms with E-state index < -0.39 is 23.1 Å². The largest absolute Gasteiger partial charge is 0.619 e. The van der Waals surface area contributed by atoms with Crippen LogP contribution in [0.2, 0.25) is 0 Å². The van der Waals surface area contributed by atoms with E-state index in [1.165, 1.54) is 24.7 Å². The predicted octanol–water partition coefficient (Wildman–Crippen LogP) is 1.48. The molecule has 1 fully saturated rings. The molecule has 0 bridgehead atoms. The molecule has 10 heteroatoms. The van der Waals surface area contributed by atoms with E-state index in [9.17, 15) is 19.9 Å². The Balaban J connectivity index is 1.28. The van der Waals surface area contributed by atoms with Crippen molar-refractivity contribution in [1.29, 1.82) is 0 Å². The summed E-state index contributed by atoms with van der Waals surface area (Å²) in [5, 5.41) is 33.2. The second-order valence-corrected chi connectivity index (χ2v) is 8.03. The van der Waals surface area contributed by atoms with Crippen molar-refractivity contribution >= 4 is 17.8 Å². The van der Waals surface area contributed by atoms with Crippen LogP contribution in [0, 0.1) is 5.21 Å². The molecule has 162 valence electrons. The van der Waals surface area contributed by atoms with Crippen molar-refractivity contribution in [2.45, 2.75) is 36.9 Å². The highest BCUT2D eigenvalue weighted by Gasteiger charge is 2.54. The Morgan fingerprint density at radius 2 is 1.88 bits per heavy atom. The summed E-state index contributed by atoms with van der Waals surface area (Å²) < 4.78 is 6.20. The van der Waals surface area contributed by atoms with Crippen LogP contribution >= 0.6 is 0 Å². The molecule has 0 atom stereocenters. The smallest absolute Gasteiger partial charge is 0.339 e. The Hall–Kier alpha value is -3.92. The number of rotatable bonds is 3. The molecule has 1 amide bonds. The molecule has 0 radical (unpaired) electrons. The summed E-state index contributed by atoms with van der Waals surface area (Å²) in [5.41, 5.74) is -0.477. The molecule has 32 heavy (non-hydrogen) atoms. The van der Waals surface area contributed by atoms with Gasteiger partial charge in [-0.3, -0.25) is 10.1 Å². The molecule has 1 saturated carbocycles. The van der Waals surface area contributed by atoms with Crippen molar-refractivity contribution in [2.75, 3.05) is 5.32 Å². The third-order valence-corrected chi connectivity index (χ3v) is 6.10. The fraction of sp³-hybridized carbons (Fsp3) is 0.273. The van der Waals surface area contributed by atoms with Crippen LogP contribution in [-0.4, -0.2) is 37.8 Å². The molecule has 3 aromatic rings. The van der Waals surface area contributed by atoms with Gasteiger partial charge < -0.3 is 15.1 Å². The van der Waals surface area contributed by atoms with Crippen molar-refractivity contribution in [3.8, 4) is 11.3 Å². The first kappa shape index (κ1) is 20.0.